The zero-order valence-electron chi connectivity index (χ0n) is 15.1. The number of anilines is 2. The van der Waals surface area contributed by atoms with Crippen LogP contribution in [0.3, 0.4) is 0 Å². The van der Waals surface area contributed by atoms with Crippen molar-refractivity contribution in [1.29, 1.82) is 0 Å². The molecule has 136 valence electrons. The Hall–Kier alpha value is -4.02. The van der Waals surface area contributed by atoms with Crippen molar-refractivity contribution >= 4 is 23.9 Å². The van der Waals surface area contributed by atoms with Gasteiger partial charge in [-0.25, -0.2) is 0 Å². The van der Waals surface area contributed by atoms with Crippen LogP contribution in [0.15, 0.2) is 72.3 Å². The molecule has 0 saturated carbocycles. The summed E-state index contributed by atoms with van der Waals surface area (Å²) in [6, 6.07) is 13.8. The van der Waals surface area contributed by atoms with Crippen molar-refractivity contribution in [2.75, 3.05) is 10.6 Å². The summed E-state index contributed by atoms with van der Waals surface area (Å²) in [5.74, 6) is 5.15. The van der Waals surface area contributed by atoms with Gasteiger partial charge in [-0.1, -0.05) is 36.1 Å². The molecule has 2 aromatic carbocycles. The fourth-order valence-electron chi connectivity index (χ4n) is 3.15. The first-order chi connectivity index (χ1) is 13.6. The molecule has 2 N–H and O–H groups in total. The van der Waals surface area contributed by atoms with E-state index >= 15 is 0 Å². The second-order valence-corrected chi connectivity index (χ2v) is 6.35. The molecule has 1 aliphatic rings. The van der Waals surface area contributed by atoms with Gasteiger partial charge < -0.3 is 15.4 Å². The number of aldehydes is 2. The van der Waals surface area contributed by atoms with Crippen LogP contribution >= 0.6 is 0 Å². The third-order valence-electron chi connectivity index (χ3n) is 4.53. The predicted octanol–water partition coefficient (Wildman–Crippen LogP) is 3.17. The van der Waals surface area contributed by atoms with Crippen molar-refractivity contribution in [1.82, 2.24) is 0 Å². The number of allylic oxidation sites excluding steroid dienone is 2. The molecule has 0 amide bonds. The lowest BCUT2D eigenvalue weighted by molar-refractivity contribution is -0.110. The van der Waals surface area contributed by atoms with Crippen LogP contribution in [0.2, 0.25) is 0 Å². The van der Waals surface area contributed by atoms with E-state index in [4.69, 9.17) is 12.8 Å². The maximum absolute atomic E-state index is 12.3. The molecule has 0 spiro atoms. The minimum absolute atomic E-state index is 0.432. The first-order valence-corrected chi connectivity index (χ1v) is 8.63. The van der Waals surface area contributed by atoms with Crippen molar-refractivity contribution in [3.8, 4) is 24.7 Å². The fourth-order valence-corrected chi connectivity index (χ4v) is 3.15. The van der Waals surface area contributed by atoms with E-state index < -0.39 is 11.6 Å². The van der Waals surface area contributed by atoms with Gasteiger partial charge in [0.2, 0.25) is 0 Å². The quantitative estimate of drug-likeness (QED) is 0.609. The molecule has 0 heterocycles. The highest BCUT2D eigenvalue weighted by Gasteiger charge is 2.40. The smallest absolute Gasteiger partial charge is 0.151 e. The normalized spacial score (nSPS) is 20.2. The Morgan fingerprint density at radius 2 is 1.61 bits per heavy atom. The van der Waals surface area contributed by atoms with Crippen molar-refractivity contribution in [2.45, 2.75) is 11.6 Å². The van der Waals surface area contributed by atoms with Crippen molar-refractivity contribution < 1.29 is 9.59 Å². The molecular weight excluding hydrogens is 348 g/mol. The number of hydrogen-bond donors (Lipinski definition) is 2. The molecule has 2 unspecified atom stereocenters. The Balaban J connectivity index is 2.01. The summed E-state index contributed by atoms with van der Waals surface area (Å²) in [5, 5.41) is 6.50. The first kappa shape index (κ1) is 18.8. The fraction of sp³-hybridized carbons (Fsp3) is 0.0833. The van der Waals surface area contributed by atoms with E-state index in [0.29, 0.717) is 28.1 Å². The van der Waals surface area contributed by atoms with Gasteiger partial charge in [0.05, 0.1) is 6.04 Å². The van der Waals surface area contributed by atoms with Crippen molar-refractivity contribution in [2.24, 2.45) is 0 Å². The molecule has 0 saturated heterocycles. The standard InChI is InChI=1S/C24H18N2O2/c1-3-18-8-5-11-21(14-18)25-23-20(16-27)10-7-13-24(23,17-28)26-22-12-6-9-19(4-2)15-22/h1-2,5-17,23,25-26H. The van der Waals surface area contributed by atoms with Gasteiger partial charge >= 0.3 is 0 Å². The molecule has 0 fully saturated rings. The molecule has 4 nitrogen and oxygen atoms in total. The third kappa shape index (κ3) is 3.72. The highest BCUT2D eigenvalue weighted by molar-refractivity contribution is 5.87. The lowest BCUT2D eigenvalue weighted by Crippen LogP contribution is -2.55. The van der Waals surface area contributed by atoms with Gasteiger partial charge in [-0.05, 0) is 42.5 Å². The van der Waals surface area contributed by atoms with Crippen LogP contribution in [0.4, 0.5) is 11.4 Å². The average Bonchev–Trinajstić information content (AvgIpc) is 2.75. The van der Waals surface area contributed by atoms with Gasteiger partial charge in [-0.2, -0.15) is 0 Å². The Morgan fingerprint density at radius 1 is 0.964 bits per heavy atom. The molecular formula is C24H18N2O2. The van der Waals surface area contributed by atoms with Gasteiger partial charge in [0, 0.05) is 28.1 Å². The Morgan fingerprint density at radius 3 is 2.21 bits per heavy atom. The summed E-state index contributed by atoms with van der Waals surface area (Å²) < 4.78 is 0. The average molecular weight is 366 g/mol. The molecule has 0 aromatic heterocycles. The van der Waals surface area contributed by atoms with Crippen LogP contribution in [-0.2, 0) is 9.59 Å². The third-order valence-corrected chi connectivity index (χ3v) is 4.53. The van der Waals surface area contributed by atoms with Gasteiger partial charge in [-0.3, -0.25) is 4.79 Å². The molecule has 0 radical (unpaired) electrons. The van der Waals surface area contributed by atoms with Crippen LogP contribution < -0.4 is 10.6 Å². The molecule has 1 aliphatic carbocycles. The number of carbonyl (C=O) groups is 2. The van der Waals surface area contributed by atoms with E-state index in [1.807, 2.05) is 18.2 Å². The molecule has 28 heavy (non-hydrogen) atoms. The van der Waals surface area contributed by atoms with Crippen LogP contribution in [0.5, 0.6) is 0 Å². The van der Waals surface area contributed by atoms with Crippen LogP contribution in [0.1, 0.15) is 11.1 Å². The lowest BCUT2D eigenvalue weighted by Gasteiger charge is -2.38. The van der Waals surface area contributed by atoms with Gasteiger partial charge in [0.1, 0.15) is 11.8 Å². The second-order valence-electron chi connectivity index (χ2n) is 6.35. The topological polar surface area (TPSA) is 58.2 Å². The molecule has 0 aliphatic heterocycles. The number of benzene rings is 2. The van der Waals surface area contributed by atoms with E-state index in [9.17, 15) is 9.59 Å². The summed E-state index contributed by atoms with van der Waals surface area (Å²) in [6.45, 7) is 0. The van der Waals surface area contributed by atoms with Crippen molar-refractivity contribution in [3.63, 3.8) is 0 Å². The summed E-state index contributed by atoms with van der Waals surface area (Å²) in [6.07, 6.45) is 17.6. The molecule has 0 bridgehead atoms. The monoisotopic (exact) mass is 366 g/mol. The highest BCUT2D eigenvalue weighted by atomic mass is 16.1. The zero-order valence-corrected chi connectivity index (χ0v) is 15.1. The first-order valence-electron chi connectivity index (χ1n) is 8.63. The van der Waals surface area contributed by atoms with Crippen LogP contribution in [0.25, 0.3) is 0 Å². The van der Waals surface area contributed by atoms with Gasteiger partial charge in [-0.15, -0.1) is 12.8 Å². The van der Waals surface area contributed by atoms with E-state index in [2.05, 4.69) is 22.5 Å². The minimum atomic E-state index is -1.19. The summed E-state index contributed by atoms with van der Waals surface area (Å²) >= 11 is 0. The zero-order chi connectivity index (χ0) is 20.0. The van der Waals surface area contributed by atoms with E-state index in [0.717, 1.165) is 12.6 Å². The van der Waals surface area contributed by atoms with Crippen molar-refractivity contribution in [3.05, 3.63) is 83.5 Å². The molecule has 2 atom stereocenters. The molecule has 4 heteroatoms. The van der Waals surface area contributed by atoms with E-state index in [1.54, 1.807) is 48.6 Å². The minimum Gasteiger partial charge on any atom is -0.375 e. The maximum atomic E-state index is 12.3. The Bertz CT molecular complexity index is 1050. The Labute approximate surface area is 164 Å². The van der Waals surface area contributed by atoms with Gasteiger partial charge in [0.15, 0.2) is 6.29 Å². The van der Waals surface area contributed by atoms with E-state index in [1.165, 1.54) is 0 Å². The highest BCUT2D eigenvalue weighted by Crippen LogP contribution is 2.29. The number of carbonyl (C=O) groups excluding carboxylic acids is 2. The number of hydrogen-bond acceptors (Lipinski definition) is 4. The number of nitrogens with one attached hydrogen (secondary N) is 2. The van der Waals surface area contributed by atoms with E-state index in [-0.39, 0.29) is 0 Å². The Kier molecular flexibility index (Phi) is 5.44. The summed E-state index contributed by atoms with van der Waals surface area (Å²) in [7, 11) is 0. The predicted molar refractivity (Wildman–Crippen MR) is 112 cm³/mol. The largest absolute Gasteiger partial charge is 0.375 e. The lowest BCUT2D eigenvalue weighted by atomic mass is 9.82. The second kappa shape index (κ2) is 8.12. The summed E-state index contributed by atoms with van der Waals surface area (Å²) in [4.78, 5) is 24.0. The van der Waals surface area contributed by atoms with Crippen LogP contribution in [0, 0.1) is 24.7 Å². The number of rotatable bonds is 6. The van der Waals surface area contributed by atoms with Gasteiger partial charge in [0.25, 0.3) is 0 Å². The molecule has 3 rings (SSSR count). The summed E-state index contributed by atoms with van der Waals surface area (Å²) in [5.41, 5.74) is 1.99. The molecule has 2 aromatic rings. The number of terminal acetylenes is 2. The SMILES string of the molecule is C#Cc1cccc(NC2C(C=O)=CC=CC2(C=O)Nc2cccc(C#C)c2)c1. The maximum Gasteiger partial charge on any atom is 0.151 e. The van der Waals surface area contributed by atoms with Crippen LogP contribution in [-0.4, -0.2) is 24.2 Å².